The van der Waals surface area contributed by atoms with Crippen LogP contribution >= 0.6 is 0 Å². The van der Waals surface area contributed by atoms with Gasteiger partial charge in [0.2, 0.25) is 0 Å². The third-order valence-electron chi connectivity index (χ3n) is 4.44. The van der Waals surface area contributed by atoms with Crippen molar-refractivity contribution in [2.24, 2.45) is 0 Å². The van der Waals surface area contributed by atoms with E-state index in [9.17, 15) is 20.1 Å². The summed E-state index contributed by atoms with van der Waals surface area (Å²) in [4.78, 5) is 10.4. The number of rotatable bonds is 13. The maximum Gasteiger partial charge on any atom is 0.303 e. The first kappa shape index (κ1) is 24.3. The maximum absolute atomic E-state index is 10.4. The second-order valence-corrected chi connectivity index (χ2v) is 6.92. The standard InChI is InChI=1S/C22H34O6/c1-2-3-4-5-6-9-12-20-19(25)16-21(28-20)18(24)15-14-17(23)11-8-7-10-13-22(26)27/h3-4,6-9,14-15,17-21,23-25H,2,5,10-13,16H2,1H3,(H,26,27)/b4-3-,8-7-,9-6-,15-14+/t17-,18-,19-,20+,21-/m0/s1. The van der Waals surface area contributed by atoms with E-state index in [2.05, 4.69) is 19.1 Å². The van der Waals surface area contributed by atoms with Gasteiger partial charge in [-0.2, -0.15) is 0 Å². The highest BCUT2D eigenvalue weighted by Crippen LogP contribution is 2.26. The van der Waals surface area contributed by atoms with Gasteiger partial charge >= 0.3 is 5.97 Å². The lowest BCUT2D eigenvalue weighted by Gasteiger charge is -2.16. The summed E-state index contributed by atoms with van der Waals surface area (Å²) in [5.74, 6) is -0.853. The number of carboxylic acids is 1. The Morgan fingerprint density at radius 1 is 1.11 bits per heavy atom. The van der Waals surface area contributed by atoms with Crippen LogP contribution in [0.25, 0.3) is 0 Å². The van der Waals surface area contributed by atoms with Gasteiger partial charge < -0.3 is 25.2 Å². The molecule has 0 amide bonds. The fourth-order valence-electron chi connectivity index (χ4n) is 2.87. The van der Waals surface area contributed by atoms with Crippen LogP contribution in [-0.4, -0.2) is 56.9 Å². The van der Waals surface area contributed by atoms with Crippen molar-refractivity contribution in [2.75, 3.05) is 0 Å². The molecule has 1 fully saturated rings. The van der Waals surface area contributed by atoms with Crippen molar-refractivity contribution < 1.29 is 30.0 Å². The maximum atomic E-state index is 10.4. The van der Waals surface area contributed by atoms with Crippen LogP contribution in [0.2, 0.25) is 0 Å². The summed E-state index contributed by atoms with van der Waals surface area (Å²) < 4.78 is 5.76. The third kappa shape index (κ3) is 10.6. The van der Waals surface area contributed by atoms with Crippen LogP contribution in [0.3, 0.4) is 0 Å². The quantitative estimate of drug-likeness (QED) is 0.358. The van der Waals surface area contributed by atoms with E-state index in [0.717, 1.165) is 12.8 Å². The highest BCUT2D eigenvalue weighted by Gasteiger charge is 2.36. The molecule has 0 aromatic rings. The van der Waals surface area contributed by atoms with Crippen LogP contribution in [0.5, 0.6) is 0 Å². The van der Waals surface area contributed by atoms with Crippen LogP contribution in [0.15, 0.2) is 48.6 Å². The Hall–Kier alpha value is -1.73. The summed E-state index contributed by atoms with van der Waals surface area (Å²) in [5, 5.41) is 38.8. The van der Waals surface area contributed by atoms with Crippen molar-refractivity contribution in [3.8, 4) is 0 Å². The first-order valence-corrected chi connectivity index (χ1v) is 9.98. The van der Waals surface area contributed by atoms with Gasteiger partial charge in [-0.25, -0.2) is 0 Å². The predicted octanol–water partition coefficient (Wildman–Crippen LogP) is 2.90. The Labute approximate surface area is 167 Å². The van der Waals surface area contributed by atoms with E-state index in [0.29, 0.717) is 25.7 Å². The lowest BCUT2D eigenvalue weighted by molar-refractivity contribution is -0.136. The largest absolute Gasteiger partial charge is 0.481 e. The number of hydrogen-bond donors (Lipinski definition) is 4. The third-order valence-corrected chi connectivity index (χ3v) is 4.44. The van der Waals surface area contributed by atoms with Crippen LogP contribution in [0.4, 0.5) is 0 Å². The van der Waals surface area contributed by atoms with Crippen molar-refractivity contribution in [2.45, 2.75) is 82.4 Å². The molecule has 0 aliphatic carbocycles. The summed E-state index contributed by atoms with van der Waals surface area (Å²) in [6.07, 6.45) is 15.2. The van der Waals surface area contributed by atoms with E-state index in [1.165, 1.54) is 12.2 Å². The summed E-state index contributed by atoms with van der Waals surface area (Å²) >= 11 is 0. The molecule has 0 unspecified atom stereocenters. The molecule has 1 saturated heterocycles. The minimum Gasteiger partial charge on any atom is -0.481 e. The Morgan fingerprint density at radius 3 is 2.57 bits per heavy atom. The molecule has 1 aliphatic heterocycles. The molecule has 158 valence electrons. The molecule has 1 heterocycles. The fourth-order valence-corrected chi connectivity index (χ4v) is 2.87. The first-order valence-electron chi connectivity index (χ1n) is 9.98. The molecule has 0 saturated carbocycles. The molecule has 6 heteroatoms. The number of aliphatic carboxylic acids is 1. The summed E-state index contributed by atoms with van der Waals surface area (Å²) in [5.41, 5.74) is 0. The van der Waals surface area contributed by atoms with Crippen molar-refractivity contribution in [1.29, 1.82) is 0 Å². The molecule has 0 spiro atoms. The summed E-state index contributed by atoms with van der Waals surface area (Å²) in [6, 6.07) is 0. The van der Waals surface area contributed by atoms with Gasteiger partial charge in [0.25, 0.3) is 0 Å². The van der Waals surface area contributed by atoms with Gasteiger partial charge in [0, 0.05) is 12.8 Å². The molecule has 1 aliphatic rings. The average molecular weight is 395 g/mol. The molecular formula is C22H34O6. The minimum absolute atomic E-state index is 0.0638. The van der Waals surface area contributed by atoms with Crippen LogP contribution in [-0.2, 0) is 9.53 Å². The molecule has 1 rings (SSSR count). The van der Waals surface area contributed by atoms with Gasteiger partial charge in [0.15, 0.2) is 0 Å². The highest BCUT2D eigenvalue weighted by atomic mass is 16.5. The SMILES string of the molecule is CC/C=C\C/C=C\C[C@H]1O[C@H]([C@@H](O)/C=C/[C@@H](O)C/C=C\CCC(=O)O)C[C@@H]1O. The highest BCUT2D eigenvalue weighted by molar-refractivity contribution is 5.66. The molecule has 28 heavy (non-hydrogen) atoms. The second-order valence-electron chi connectivity index (χ2n) is 6.92. The van der Waals surface area contributed by atoms with Gasteiger partial charge in [0.1, 0.15) is 0 Å². The van der Waals surface area contributed by atoms with Crippen molar-refractivity contribution in [3.05, 3.63) is 48.6 Å². The topological polar surface area (TPSA) is 107 Å². The zero-order valence-electron chi connectivity index (χ0n) is 16.6. The predicted molar refractivity (Wildman–Crippen MR) is 109 cm³/mol. The molecule has 4 N–H and O–H groups in total. The monoisotopic (exact) mass is 394 g/mol. The second kappa shape index (κ2) is 14.3. The van der Waals surface area contributed by atoms with E-state index in [-0.39, 0.29) is 12.5 Å². The Balaban J connectivity index is 2.33. The molecular weight excluding hydrogens is 360 g/mol. The average Bonchev–Trinajstić information content (AvgIpc) is 3.03. The fraction of sp³-hybridized carbons (Fsp3) is 0.591. The van der Waals surface area contributed by atoms with Gasteiger partial charge in [0.05, 0.1) is 30.5 Å². The van der Waals surface area contributed by atoms with Gasteiger partial charge in [-0.1, -0.05) is 55.5 Å². The molecule has 0 aromatic heterocycles. The van der Waals surface area contributed by atoms with Crippen molar-refractivity contribution >= 4 is 5.97 Å². The summed E-state index contributed by atoms with van der Waals surface area (Å²) in [6.45, 7) is 2.08. The number of hydrogen-bond acceptors (Lipinski definition) is 5. The number of aliphatic hydroxyl groups excluding tert-OH is 3. The van der Waals surface area contributed by atoms with Crippen LogP contribution in [0.1, 0.15) is 51.9 Å². The van der Waals surface area contributed by atoms with E-state index in [4.69, 9.17) is 9.84 Å². The zero-order chi connectivity index (χ0) is 20.8. The van der Waals surface area contributed by atoms with Gasteiger partial charge in [-0.15, -0.1) is 0 Å². The van der Waals surface area contributed by atoms with E-state index < -0.39 is 30.4 Å². The van der Waals surface area contributed by atoms with E-state index in [1.54, 1.807) is 12.2 Å². The number of allylic oxidation sites excluding steroid dienone is 4. The van der Waals surface area contributed by atoms with E-state index >= 15 is 0 Å². The summed E-state index contributed by atoms with van der Waals surface area (Å²) in [7, 11) is 0. The number of ether oxygens (including phenoxy) is 1. The molecule has 0 aromatic carbocycles. The normalized spacial score (nSPS) is 25.5. The first-order chi connectivity index (χ1) is 13.4. The Kier molecular flexibility index (Phi) is 12.4. The van der Waals surface area contributed by atoms with E-state index in [1.807, 2.05) is 12.2 Å². The number of carbonyl (C=O) groups is 1. The van der Waals surface area contributed by atoms with Crippen LogP contribution in [0, 0.1) is 0 Å². The number of aliphatic hydroxyl groups is 3. The van der Waals surface area contributed by atoms with Gasteiger partial charge in [-0.3, -0.25) is 4.79 Å². The smallest absolute Gasteiger partial charge is 0.303 e. The van der Waals surface area contributed by atoms with Crippen molar-refractivity contribution in [3.63, 3.8) is 0 Å². The van der Waals surface area contributed by atoms with Crippen LogP contribution < -0.4 is 0 Å². The lowest BCUT2D eigenvalue weighted by Crippen LogP contribution is -2.24. The van der Waals surface area contributed by atoms with Crippen molar-refractivity contribution in [1.82, 2.24) is 0 Å². The van der Waals surface area contributed by atoms with Gasteiger partial charge in [-0.05, 0) is 32.1 Å². The number of carboxylic acid groups (broad SMARTS) is 1. The molecule has 5 atom stereocenters. The molecule has 6 nitrogen and oxygen atoms in total. The molecule has 0 bridgehead atoms. The Morgan fingerprint density at radius 2 is 1.86 bits per heavy atom. The molecule has 0 radical (unpaired) electrons. The lowest BCUT2D eigenvalue weighted by atomic mass is 10.0. The minimum atomic E-state index is -0.901. The zero-order valence-corrected chi connectivity index (χ0v) is 16.6. The Bertz CT molecular complexity index is 551.